The number of nitrogens with zero attached hydrogens (tertiary/aromatic N) is 3. The Morgan fingerprint density at radius 2 is 1.96 bits per heavy atom. The van der Waals surface area contributed by atoms with Crippen molar-refractivity contribution in [2.45, 2.75) is 38.5 Å². The Balaban J connectivity index is 1.35. The van der Waals surface area contributed by atoms with E-state index in [9.17, 15) is 9.18 Å². The average Bonchev–Trinajstić information content (AvgIpc) is 3.37. The molecule has 1 saturated heterocycles. The van der Waals surface area contributed by atoms with Gasteiger partial charge < -0.3 is 9.42 Å². The van der Waals surface area contributed by atoms with Crippen molar-refractivity contribution in [2.75, 3.05) is 13.1 Å². The van der Waals surface area contributed by atoms with Gasteiger partial charge in [0.2, 0.25) is 5.91 Å². The van der Waals surface area contributed by atoms with Gasteiger partial charge in [0.15, 0.2) is 5.82 Å². The van der Waals surface area contributed by atoms with E-state index in [1.54, 1.807) is 12.1 Å². The number of carbonyl (C=O) groups is 1. The lowest BCUT2D eigenvalue weighted by atomic mass is 10.0. The summed E-state index contributed by atoms with van der Waals surface area (Å²) in [5.41, 5.74) is 0.713. The van der Waals surface area contributed by atoms with Crippen LogP contribution in [0, 0.1) is 17.7 Å². The third-order valence-electron chi connectivity index (χ3n) is 5.33. The molecule has 1 aliphatic carbocycles. The molecule has 0 radical (unpaired) electrons. The van der Waals surface area contributed by atoms with Crippen LogP contribution >= 0.6 is 0 Å². The van der Waals surface area contributed by atoms with Crippen molar-refractivity contribution in [3.63, 3.8) is 0 Å². The van der Waals surface area contributed by atoms with Gasteiger partial charge in [-0.2, -0.15) is 4.98 Å². The Morgan fingerprint density at radius 3 is 2.72 bits per heavy atom. The summed E-state index contributed by atoms with van der Waals surface area (Å²) in [4.78, 5) is 18.9. The zero-order valence-electron chi connectivity index (χ0n) is 14.2. The molecular formula is C19H22FN3O2. The van der Waals surface area contributed by atoms with E-state index in [1.165, 1.54) is 25.0 Å². The molecule has 1 aromatic carbocycles. The molecule has 2 aromatic rings. The maximum atomic E-state index is 13.0. The van der Waals surface area contributed by atoms with Gasteiger partial charge in [0.05, 0.1) is 0 Å². The number of carbonyl (C=O) groups excluding carboxylic acids is 1. The van der Waals surface area contributed by atoms with E-state index in [0.29, 0.717) is 35.5 Å². The smallest absolute Gasteiger partial charge is 0.257 e. The van der Waals surface area contributed by atoms with Crippen LogP contribution in [0.1, 0.15) is 37.9 Å². The van der Waals surface area contributed by atoms with Crippen LogP contribution in [0.2, 0.25) is 0 Å². The second kappa shape index (κ2) is 6.94. The normalized spacial score (nSPS) is 21.2. The highest BCUT2D eigenvalue weighted by atomic mass is 19.1. The van der Waals surface area contributed by atoms with Crippen LogP contribution in [-0.2, 0) is 11.2 Å². The Hall–Kier alpha value is -2.24. The maximum Gasteiger partial charge on any atom is 0.257 e. The van der Waals surface area contributed by atoms with Gasteiger partial charge in [-0.15, -0.1) is 0 Å². The monoisotopic (exact) mass is 343 g/mol. The number of rotatable bonds is 4. The van der Waals surface area contributed by atoms with Gasteiger partial charge in [-0.3, -0.25) is 4.79 Å². The first-order valence-electron chi connectivity index (χ1n) is 9.06. The summed E-state index contributed by atoms with van der Waals surface area (Å²) in [7, 11) is 0. The van der Waals surface area contributed by atoms with E-state index in [1.807, 2.05) is 4.90 Å². The molecule has 6 heteroatoms. The van der Waals surface area contributed by atoms with Crippen LogP contribution in [0.25, 0.3) is 11.5 Å². The summed E-state index contributed by atoms with van der Waals surface area (Å²) in [6.07, 6.45) is 6.15. The molecule has 132 valence electrons. The number of aromatic nitrogens is 2. The Kier molecular flexibility index (Phi) is 4.51. The third-order valence-corrected chi connectivity index (χ3v) is 5.33. The number of hydrogen-bond acceptors (Lipinski definition) is 4. The van der Waals surface area contributed by atoms with Gasteiger partial charge in [0.25, 0.3) is 5.89 Å². The minimum Gasteiger partial charge on any atom is -0.342 e. The number of halogens is 1. The van der Waals surface area contributed by atoms with Crippen molar-refractivity contribution in [1.82, 2.24) is 15.0 Å². The molecule has 0 spiro atoms. The van der Waals surface area contributed by atoms with Gasteiger partial charge in [-0.05, 0) is 49.4 Å². The molecule has 5 nitrogen and oxygen atoms in total. The lowest BCUT2D eigenvalue weighted by molar-refractivity contribution is -0.134. The summed E-state index contributed by atoms with van der Waals surface area (Å²) in [5.74, 6) is 1.73. The first-order valence-corrected chi connectivity index (χ1v) is 9.06. The maximum absolute atomic E-state index is 13.0. The summed E-state index contributed by atoms with van der Waals surface area (Å²) in [5, 5.41) is 4.04. The second-order valence-electron chi connectivity index (χ2n) is 7.15. The van der Waals surface area contributed by atoms with Crippen LogP contribution in [0.4, 0.5) is 4.39 Å². The minimum atomic E-state index is -0.290. The van der Waals surface area contributed by atoms with Gasteiger partial charge in [0.1, 0.15) is 5.82 Å². The molecule has 4 rings (SSSR count). The Morgan fingerprint density at radius 1 is 1.20 bits per heavy atom. The molecule has 2 fully saturated rings. The number of hydrogen-bond donors (Lipinski definition) is 0. The Bertz CT molecular complexity index is 737. The summed E-state index contributed by atoms with van der Waals surface area (Å²) in [6.45, 7) is 1.62. The third kappa shape index (κ3) is 3.57. The van der Waals surface area contributed by atoms with Crippen molar-refractivity contribution in [3.05, 3.63) is 35.9 Å². The second-order valence-corrected chi connectivity index (χ2v) is 7.15. The van der Waals surface area contributed by atoms with Crippen LogP contribution < -0.4 is 0 Å². The highest BCUT2D eigenvalue weighted by Crippen LogP contribution is 2.29. The predicted octanol–water partition coefficient (Wildman–Crippen LogP) is 3.46. The number of benzene rings is 1. The van der Waals surface area contributed by atoms with Crippen LogP contribution in [0.15, 0.2) is 28.8 Å². The topological polar surface area (TPSA) is 59.2 Å². The van der Waals surface area contributed by atoms with Crippen molar-refractivity contribution in [2.24, 2.45) is 11.8 Å². The fourth-order valence-electron chi connectivity index (χ4n) is 3.94. The summed E-state index contributed by atoms with van der Waals surface area (Å²) < 4.78 is 18.3. The van der Waals surface area contributed by atoms with Gasteiger partial charge >= 0.3 is 0 Å². The molecule has 1 unspecified atom stereocenters. The number of likely N-dealkylation sites (tertiary alicyclic amines) is 1. The zero-order chi connectivity index (χ0) is 17.2. The quantitative estimate of drug-likeness (QED) is 0.853. The molecule has 1 amide bonds. The first-order chi connectivity index (χ1) is 12.2. The molecule has 1 aromatic heterocycles. The number of amides is 1. The van der Waals surface area contributed by atoms with Gasteiger partial charge in [-0.25, -0.2) is 4.39 Å². The van der Waals surface area contributed by atoms with Gasteiger partial charge in [-0.1, -0.05) is 18.0 Å². The largest absolute Gasteiger partial charge is 0.342 e. The van der Waals surface area contributed by atoms with E-state index < -0.39 is 0 Å². The highest BCUT2D eigenvalue weighted by Gasteiger charge is 2.32. The summed E-state index contributed by atoms with van der Waals surface area (Å²) in [6, 6.07) is 6.01. The van der Waals surface area contributed by atoms with Crippen molar-refractivity contribution >= 4 is 5.91 Å². The highest BCUT2D eigenvalue weighted by molar-refractivity contribution is 5.79. The molecule has 2 aliphatic rings. The van der Waals surface area contributed by atoms with E-state index in [2.05, 4.69) is 10.1 Å². The average molecular weight is 343 g/mol. The zero-order valence-corrected chi connectivity index (χ0v) is 14.2. The van der Waals surface area contributed by atoms with E-state index in [4.69, 9.17) is 4.52 Å². The fourth-order valence-corrected chi connectivity index (χ4v) is 3.94. The van der Waals surface area contributed by atoms with Crippen molar-refractivity contribution < 1.29 is 13.7 Å². The lowest BCUT2D eigenvalue weighted by Crippen LogP contribution is -2.33. The van der Waals surface area contributed by atoms with E-state index in [-0.39, 0.29) is 11.7 Å². The molecule has 0 bridgehead atoms. The van der Waals surface area contributed by atoms with Crippen molar-refractivity contribution in [3.8, 4) is 11.5 Å². The lowest BCUT2D eigenvalue weighted by Gasteiger charge is -2.20. The molecule has 25 heavy (non-hydrogen) atoms. The molecular weight excluding hydrogens is 321 g/mol. The van der Waals surface area contributed by atoms with Crippen LogP contribution in [-0.4, -0.2) is 34.0 Å². The molecule has 0 N–H and O–H groups in total. The van der Waals surface area contributed by atoms with E-state index >= 15 is 0 Å². The SMILES string of the molecule is O=C(C1CCCC1)N1CCC(Cc2noc(-c3ccc(F)cc3)n2)C1. The minimum absolute atomic E-state index is 0.244. The molecule has 1 aliphatic heterocycles. The molecule has 1 atom stereocenters. The van der Waals surface area contributed by atoms with Crippen LogP contribution in [0.5, 0.6) is 0 Å². The van der Waals surface area contributed by atoms with E-state index in [0.717, 1.165) is 32.4 Å². The standard InChI is InChI=1S/C19H22FN3O2/c20-16-7-5-14(6-8-16)18-21-17(22-25-18)11-13-9-10-23(12-13)19(24)15-3-1-2-4-15/h5-8,13,15H,1-4,9-12H2. The van der Waals surface area contributed by atoms with Crippen molar-refractivity contribution in [1.29, 1.82) is 0 Å². The van der Waals surface area contributed by atoms with Gasteiger partial charge in [0, 0.05) is 31.0 Å². The van der Waals surface area contributed by atoms with Crippen LogP contribution in [0.3, 0.4) is 0 Å². The predicted molar refractivity (Wildman–Crippen MR) is 90.0 cm³/mol. The fraction of sp³-hybridized carbons (Fsp3) is 0.526. The molecule has 1 saturated carbocycles. The Labute approximate surface area is 146 Å². The summed E-state index contributed by atoms with van der Waals surface area (Å²) >= 11 is 0. The molecule has 2 heterocycles. The first kappa shape index (κ1) is 16.2.